The minimum absolute atomic E-state index is 0.237. The van der Waals surface area contributed by atoms with E-state index in [1.165, 1.54) is 6.07 Å². The summed E-state index contributed by atoms with van der Waals surface area (Å²) in [7, 11) is -3.90. The van der Waals surface area contributed by atoms with E-state index in [0.29, 0.717) is 11.1 Å². The van der Waals surface area contributed by atoms with Crippen molar-refractivity contribution in [1.29, 1.82) is 0 Å². The number of nitro groups is 1. The van der Waals surface area contributed by atoms with Gasteiger partial charge in [0.25, 0.3) is 5.69 Å². The molecule has 1 aromatic carbocycles. The Morgan fingerprint density at radius 1 is 1.33 bits per heavy atom. The second kappa shape index (κ2) is 3.59. The molecule has 0 aliphatic heterocycles. The molecule has 0 saturated carbocycles. The summed E-state index contributed by atoms with van der Waals surface area (Å²) in [6, 6.07) is 2.29. The maximum atomic E-state index is 11.0. The lowest BCUT2D eigenvalue weighted by atomic mass is 10.1. The Labute approximate surface area is 86.9 Å². The topological polar surface area (TPSA) is 103 Å². The van der Waals surface area contributed by atoms with Crippen molar-refractivity contribution in [3.8, 4) is 0 Å². The summed E-state index contributed by atoms with van der Waals surface area (Å²) in [6.45, 7) is 3.15. The molecule has 0 heterocycles. The number of rotatable bonds is 2. The van der Waals surface area contributed by atoms with Crippen molar-refractivity contribution in [3.05, 3.63) is 33.4 Å². The average Bonchev–Trinajstić information content (AvgIpc) is 2.06. The lowest BCUT2D eigenvalue weighted by Crippen LogP contribution is -2.13. The molecular formula is C8H10N2O4S. The predicted molar refractivity (Wildman–Crippen MR) is 53.9 cm³/mol. The molecule has 0 spiro atoms. The van der Waals surface area contributed by atoms with Gasteiger partial charge in [0.15, 0.2) is 0 Å². The van der Waals surface area contributed by atoms with Gasteiger partial charge >= 0.3 is 0 Å². The van der Waals surface area contributed by atoms with E-state index in [1.807, 2.05) is 0 Å². The van der Waals surface area contributed by atoms with Crippen molar-refractivity contribution >= 4 is 15.7 Å². The van der Waals surface area contributed by atoms with Gasteiger partial charge in [-0.3, -0.25) is 10.1 Å². The molecule has 0 saturated heterocycles. The lowest BCUT2D eigenvalue weighted by Gasteiger charge is -2.04. The summed E-state index contributed by atoms with van der Waals surface area (Å²) in [5, 5.41) is 15.5. The number of nitrogens with two attached hydrogens (primary N) is 1. The standard InChI is InChI=1S/C8H10N2O4S/c1-5-3-7(15(9,13)14)4-8(6(5)2)10(11)12/h3-4H,1-2H3,(H2,9,13,14). The summed E-state index contributed by atoms with van der Waals surface area (Å²) in [4.78, 5) is 9.76. The number of primary sulfonamides is 1. The third-order valence-corrected chi connectivity index (χ3v) is 3.03. The molecule has 6 nitrogen and oxygen atoms in total. The van der Waals surface area contributed by atoms with Gasteiger partial charge in [0.05, 0.1) is 9.82 Å². The fourth-order valence-electron chi connectivity index (χ4n) is 1.16. The van der Waals surface area contributed by atoms with Crippen LogP contribution < -0.4 is 5.14 Å². The Bertz CT molecular complexity index is 522. The van der Waals surface area contributed by atoms with Crippen LogP contribution in [0, 0.1) is 24.0 Å². The van der Waals surface area contributed by atoms with E-state index < -0.39 is 14.9 Å². The number of benzene rings is 1. The highest BCUT2D eigenvalue weighted by molar-refractivity contribution is 7.89. The van der Waals surface area contributed by atoms with Gasteiger partial charge in [-0.1, -0.05) is 0 Å². The minimum atomic E-state index is -3.90. The molecule has 15 heavy (non-hydrogen) atoms. The third-order valence-electron chi connectivity index (χ3n) is 2.14. The zero-order valence-electron chi connectivity index (χ0n) is 8.22. The van der Waals surface area contributed by atoms with E-state index in [4.69, 9.17) is 5.14 Å². The van der Waals surface area contributed by atoms with Crippen molar-refractivity contribution in [3.63, 3.8) is 0 Å². The molecule has 0 aromatic heterocycles. The van der Waals surface area contributed by atoms with E-state index in [-0.39, 0.29) is 10.6 Å². The Balaban J connectivity index is 3.57. The molecule has 0 amide bonds. The summed E-state index contributed by atoms with van der Waals surface area (Å²) < 4.78 is 22.1. The molecule has 0 atom stereocenters. The number of aryl methyl sites for hydroxylation is 1. The molecule has 0 aliphatic rings. The Kier molecular flexibility index (Phi) is 2.78. The molecule has 0 aliphatic carbocycles. The van der Waals surface area contributed by atoms with Gasteiger partial charge in [0, 0.05) is 11.6 Å². The van der Waals surface area contributed by atoms with E-state index >= 15 is 0 Å². The van der Waals surface area contributed by atoms with Gasteiger partial charge in [-0.25, -0.2) is 13.6 Å². The van der Waals surface area contributed by atoms with Gasteiger partial charge in [-0.2, -0.15) is 0 Å². The molecular weight excluding hydrogens is 220 g/mol. The Morgan fingerprint density at radius 2 is 1.87 bits per heavy atom. The van der Waals surface area contributed by atoms with Crippen LogP contribution in [-0.4, -0.2) is 13.3 Å². The molecule has 0 unspecified atom stereocenters. The summed E-state index contributed by atoms with van der Waals surface area (Å²) >= 11 is 0. The SMILES string of the molecule is Cc1cc(S(N)(=O)=O)cc([N+](=O)[O-])c1C. The fraction of sp³-hybridized carbons (Fsp3) is 0.250. The minimum Gasteiger partial charge on any atom is -0.258 e. The van der Waals surface area contributed by atoms with E-state index in [2.05, 4.69) is 0 Å². The zero-order chi connectivity index (χ0) is 11.8. The molecule has 82 valence electrons. The van der Waals surface area contributed by atoms with Crippen molar-refractivity contribution in [1.82, 2.24) is 0 Å². The number of hydrogen-bond acceptors (Lipinski definition) is 4. The number of hydrogen-bond donors (Lipinski definition) is 1. The highest BCUT2D eigenvalue weighted by Crippen LogP contribution is 2.24. The first-order chi connectivity index (χ1) is 6.73. The van der Waals surface area contributed by atoms with Crippen LogP contribution in [0.1, 0.15) is 11.1 Å². The zero-order valence-corrected chi connectivity index (χ0v) is 9.04. The van der Waals surface area contributed by atoms with Crippen LogP contribution in [0.4, 0.5) is 5.69 Å². The van der Waals surface area contributed by atoms with Crippen LogP contribution >= 0.6 is 0 Å². The van der Waals surface area contributed by atoms with E-state index in [0.717, 1.165) is 6.07 Å². The molecule has 0 fully saturated rings. The van der Waals surface area contributed by atoms with Crippen LogP contribution in [0.5, 0.6) is 0 Å². The first-order valence-electron chi connectivity index (χ1n) is 4.02. The van der Waals surface area contributed by atoms with Crippen LogP contribution in [0.3, 0.4) is 0 Å². The summed E-state index contributed by atoms with van der Waals surface area (Å²) in [6.07, 6.45) is 0. The smallest absolute Gasteiger partial charge is 0.258 e. The second-order valence-corrected chi connectivity index (χ2v) is 4.75. The third kappa shape index (κ3) is 2.31. The van der Waals surface area contributed by atoms with Crippen molar-refractivity contribution in [2.75, 3.05) is 0 Å². The molecule has 1 aromatic rings. The van der Waals surface area contributed by atoms with E-state index in [9.17, 15) is 18.5 Å². The van der Waals surface area contributed by atoms with E-state index in [1.54, 1.807) is 13.8 Å². The first-order valence-corrected chi connectivity index (χ1v) is 5.56. The normalized spacial score (nSPS) is 11.4. The average molecular weight is 230 g/mol. The number of sulfonamides is 1. The van der Waals surface area contributed by atoms with Gasteiger partial charge in [-0.15, -0.1) is 0 Å². The predicted octanol–water partition coefficient (Wildman–Crippen LogP) is 0.859. The Hall–Kier alpha value is -1.47. The lowest BCUT2D eigenvalue weighted by molar-refractivity contribution is -0.385. The maximum absolute atomic E-state index is 11.0. The highest BCUT2D eigenvalue weighted by atomic mass is 32.2. The molecule has 2 N–H and O–H groups in total. The molecule has 0 radical (unpaired) electrons. The highest BCUT2D eigenvalue weighted by Gasteiger charge is 2.18. The van der Waals surface area contributed by atoms with Crippen LogP contribution in [0.2, 0.25) is 0 Å². The number of nitro benzene ring substituents is 1. The fourth-order valence-corrected chi connectivity index (χ4v) is 1.78. The largest absolute Gasteiger partial charge is 0.273 e. The van der Waals surface area contributed by atoms with Gasteiger partial charge < -0.3 is 0 Å². The second-order valence-electron chi connectivity index (χ2n) is 3.19. The quantitative estimate of drug-likeness (QED) is 0.601. The van der Waals surface area contributed by atoms with Gasteiger partial charge in [-0.05, 0) is 25.5 Å². The molecule has 1 rings (SSSR count). The summed E-state index contributed by atoms with van der Waals surface area (Å²) in [5.41, 5.74) is 0.722. The Morgan fingerprint density at radius 3 is 2.27 bits per heavy atom. The first kappa shape index (κ1) is 11.6. The molecule has 7 heteroatoms. The van der Waals surface area contributed by atoms with Crippen LogP contribution in [-0.2, 0) is 10.0 Å². The van der Waals surface area contributed by atoms with Gasteiger partial charge in [0.1, 0.15) is 0 Å². The summed E-state index contributed by atoms with van der Waals surface area (Å²) in [5.74, 6) is 0. The van der Waals surface area contributed by atoms with Crippen LogP contribution in [0.25, 0.3) is 0 Å². The molecule has 0 bridgehead atoms. The van der Waals surface area contributed by atoms with Crippen LogP contribution in [0.15, 0.2) is 17.0 Å². The monoisotopic (exact) mass is 230 g/mol. The van der Waals surface area contributed by atoms with Crippen molar-refractivity contribution in [2.24, 2.45) is 5.14 Å². The van der Waals surface area contributed by atoms with Crippen molar-refractivity contribution < 1.29 is 13.3 Å². The van der Waals surface area contributed by atoms with Gasteiger partial charge in [0.2, 0.25) is 10.0 Å². The van der Waals surface area contributed by atoms with Crippen molar-refractivity contribution in [2.45, 2.75) is 18.7 Å². The maximum Gasteiger partial charge on any atom is 0.273 e. The number of nitrogens with zero attached hydrogens (tertiary/aromatic N) is 1.